The van der Waals surface area contributed by atoms with E-state index in [-0.39, 0.29) is 5.82 Å². The summed E-state index contributed by atoms with van der Waals surface area (Å²) in [6.45, 7) is 9.50. The summed E-state index contributed by atoms with van der Waals surface area (Å²) < 4.78 is 14.1. The van der Waals surface area contributed by atoms with E-state index >= 15 is 0 Å². The van der Waals surface area contributed by atoms with Crippen molar-refractivity contribution in [3.05, 3.63) is 29.6 Å². The monoisotopic (exact) mass is 328 g/mol. The number of halogens is 2. The molecule has 0 aliphatic carbocycles. The van der Waals surface area contributed by atoms with E-state index < -0.39 is 0 Å². The van der Waals surface area contributed by atoms with Gasteiger partial charge < -0.3 is 4.90 Å². The van der Waals surface area contributed by atoms with E-state index in [2.05, 4.69) is 39.6 Å². The normalized spacial score (nSPS) is 17.2. The molecule has 0 bridgehead atoms. The van der Waals surface area contributed by atoms with Crippen molar-refractivity contribution < 1.29 is 4.39 Å². The van der Waals surface area contributed by atoms with Gasteiger partial charge in [-0.25, -0.2) is 4.39 Å². The zero-order chi connectivity index (χ0) is 13.8. The number of rotatable bonds is 4. The third kappa shape index (κ3) is 3.93. The van der Waals surface area contributed by atoms with E-state index in [0.29, 0.717) is 11.2 Å². The average molecular weight is 329 g/mol. The van der Waals surface area contributed by atoms with Gasteiger partial charge in [0.2, 0.25) is 0 Å². The molecule has 2 nitrogen and oxygen atoms in total. The third-order valence-electron chi connectivity index (χ3n) is 3.50. The maximum Gasteiger partial charge on any atom is 0.146 e. The SMILES string of the molecule is CC(C)CN1CCN(c2ccc(CBr)cc2F)CC1. The molecule has 1 heterocycles. The van der Waals surface area contributed by atoms with E-state index in [1.54, 1.807) is 6.07 Å². The highest BCUT2D eigenvalue weighted by Crippen LogP contribution is 2.23. The summed E-state index contributed by atoms with van der Waals surface area (Å²) in [5, 5.41) is 0.701. The molecule has 19 heavy (non-hydrogen) atoms. The van der Waals surface area contributed by atoms with Gasteiger partial charge in [0, 0.05) is 38.1 Å². The van der Waals surface area contributed by atoms with Crippen molar-refractivity contribution in [2.75, 3.05) is 37.6 Å². The molecule has 0 amide bonds. The van der Waals surface area contributed by atoms with Gasteiger partial charge >= 0.3 is 0 Å². The molecule has 1 fully saturated rings. The molecule has 1 aromatic rings. The molecule has 1 aromatic carbocycles. The lowest BCUT2D eigenvalue weighted by Gasteiger charge is -2.37. The number of hydrogen-bond acceptors (Lipinski definition) is 2. The van der Waals surface area contributed by atoms with Crippen molar-refractivity contribution in [3.8, 4) is 0 Å². The summed E-state index contributed by atoms with van der Waals surface area (Å²) in [5.74, 6) is 0.593. The van der Waals surface area contributed by atoms with Crippen LogP contribution in [0.2, 0.25) is 0 Å². The molecule has 1 aliphatic rings. The van der Waals surface area contributed by atoms with Crippen LogP contribution in [0.1, 0.15) is 19.4 Å². The van der Waals surface area contributed by atoms with Crippen LogP contribution in [0.25, 0.3) is 0 Å². The fourth-order valence-corrected chi connectivity index (χ4v) is 2.93. The van der Waals surface area contributed by atoms with Gasteiger partial charge in [-0.05, 0) is 23.6 Å². The van der Waals surface area contributed by atoms with Crippen LogP contribution in [0.3, 0.4) is 0 Å². The van der Waals surface area contributed by atoms with Crippen LogP contribution in [0.5, 0.6) is 0 Å². The minimum Gasteiger partial charge on any atom is -0.367 e. The first-order chi connectivity index (χ1) is 9.10. The van der Waals surface area contributed by atoms with Crippen LogP contribution < -0.4 is 4.90 Å². The van der Waals surface area contributed by atoms with Crippen molar-refractivity contribution >= 4 is 21.6 Å². The Kier molecular flexibility index (Phi) is 5.22. The topological polar surface area (TPSA) is 6.48 Å². The Morgan fingerprint density at radius 2 is 1.89 bits per heavy atom. The van der Waals surface area contributed by atoms with Crippen molar-refractivity contribution in [1.82, 2.24) is 4.90 Å². The second kappa shape index (κ2) is 6.71. The maximum atomic E-state index is 14.1. The van der Waals surface area contributed by atoms with Gasteiger partial charge in [-0.1, -0.05) is 35.8 Å². The Balaban J connectivity index is 1.97. The molecule has 0 saturated carbocycles. The summed E-state index contributed by atoms with van der Waals surface area (Å²) in [6, 6.07) is 5.53. The second-order valence-electron chi connectivity index (χ2n) is 5.60. The molecular weight excluding hydrogens is 307 g/mol. The van der Waals surface area contributed by atoms with Crippen LogP contribution in [-0.4, -0.2) is 37.6 Å². The zero-order valence-electron chi connectivity index (χ0n) is 11.7. The smallest absolute Gasteiger partial charge is 0.146 e. The molecule has 0 unspecified atom stereocenters. The summed E-state index contributed by atoms with van der Waals surface area (Å²) in [5.41, 5.74) is 1.73. The van der Waals surface area contributed by atoms with Gasteiger partial charge in [-0.3, -0.25) is 4.90 Å². The Morgan fingerprint density at radius 3 is 2.42 bits per heavy atom. The number of alkyl halides is 1. The highest BCUT2D eigenvalue weighted by molar-refractivity contribution is 9.08. The lowest BCUT2D eigenvalue weighted by Crippen LogP contribution is -2.47. The fourth-order valence-electron chi connectivity index (χ4n) is 2.58. The summed E-state index contributed by atoms with van der Waals surface area (Å²) >= 11 is 3.36. The van der Waals surface area contributed by atoms with E-state index in [0.717, 1.165) is 44.0 Å². The van der Waals surface area contributed by atoms with E-state index in [9.17, 15) is 4.39 Å². The van der Waals surface area contributed by atoms with Crippen molar-refractivity contribution in [1.29, 1.82) is 0 Å². The molecule has 0 radical (unpaired) electrons. The standard InChI is InChI=1S/C15H22BrFN2/c1-12(2)11-18-5-7-19(8-6-18)15-4-3-13(10-16)9-14(15)17/h3-4,9,12H,5-8,10-11H2,1-2H3. The highest BCUT2D eigenvalue weighted by atomic mass is 79.9. The van der Waals surface area contributed by atoms with Crippen molar-refractivity contribution in [2.24, 2.45) is 5.92 Å². The number of piperazine rings is 1. The molecule has 4 heteroatoms. The van der Waals surface area contributed by atoms with Crippen LogP contribution in [0.15, 0.2) is 18.2 Å². The Labute approximate surface area is 123 Å². The van der Waals surface area contributed by atoms with Gasteiger partial charge in [0.05, 0.1) is 5.69 Å². The van der Waals surface area contributed by atoms with Gasteiger partial charge in [0.25, 0.3) is 0 Å². The van der Waals surface area contributed by atoms with Gasteiger partial charge in [-0.15, -0.1) is 0 Å². The van der Waals surface area contributed by atoms with Crippen molar-refractivity contribution in [2.45, 2.75) is 19.2 Å². The molecule has 2 rings (SSSR count). The van der Waals surface area contributed by atoms with E-state index in [1.807, 2.05) is 12.1 Å². The summed E-state index contributed by atoms with van der Waals surface area (Å²) in [4.78, 5) is 4.62. The molecule has 106 valence electrons. The Bertz CT molecular complexity index is 415. The second-order valence-corrected chi connectivity index (χ2v) is 6.16. The van der Waals surface area contributed by atoms with Crippen LogP contribution in [0, 0.1) is 11.7 Å². The first-order valence-corrected chi connectivity index (χ1v) is 8.04. The molecule has 0 atom stereocenters. The van der Waals surface area contributed by atoms with Crippen LogP contribution in [0.4, 0.5) is 10.1 Å². The molecule has 0 spiro atoms. The first kappa shape index (κ1) is 14.8. The minimum atomic E-state index is -0.103. The zero-order valence-corrected chi connectivity index (χ0v) is 13.3. The Morgan fingerprint density at radius 1 is 1.21 bits per heavy atom. The van der Waals surface area contributed by atoms with Crippen LogP contribution >= 0.6 is 15.9 Å². The van der Waals surface area contributed by atoms with Crippen LogP contribution in [-0.2, 0) is 5.33 Å². The van der Waals surface area contributed by atoms with Crippen molar-refractivity contribution in [3.63, 3.8) is 0 Å². The predicted molar refractivity (Wildman–Crippen MR) is 82.5 cm³/mol. The van der Waals surface area contributed by atoms with Gasteiger partial charge in [0.1, 0.15) is 5.82 Å². The lowest BCUT2D eigenvalue weighted by atomic mass is 10.1. The highest BCUT2D eigenvalue weighted by Gasteiger charge is 2.19. The average Bonchev–Trinajstić information content (AvgIpc) is 2.39. The van der Waals surface area contributed by atoms with E-state index in [4.69, 9.17) is 0 Å². The Hall–Kier alpha value is -0.610. The van der Waals surface area contributed by atoms with Gasteiger partial charge in [0.15, 0.2) is 0 Å². The van der Waals surface area contributed by atoms with E-state index in [1.165, 1.54) is 0 Å². The number of nitrogens with zero attached hydrogens (tertiary/aromatic N) is 2. The third-order valence-corrected chi connectivity index (χ3v) is 4.15. The summed E-state index contributed by atoms with van der Waals surface area (Å²) in [6.07, 6.45) is 0. The molecular formula is C15H22BrFN2. The molecule has 0 N–H and O–H groups in total. The number of hydrogen-bond donors (Lipinski definition) is 0. The molecule has 0 aromatic heterocycles. The summed E-state index contributed by atoms with van der Waals surface area (Å²) in [7, 11) is 0. The molecule has 1 saturated heterocycles. The first-order valence-electron chi connectivity index (χ1n) is 6.92. The largest absolute Gasteiger partial charge is 0.367 e. The molecule has 1 aliphatic heterocycles. The fraction of sp³-hybridized carbons (Fsp3) is 0.600. The lowest BCUT2D eigenvalue weighted by molar-refractivity contribution is 0.231. The maximum absolute atomic E-state index is 14.1. The minimum absolute atomic E-state index is 0.103. The number of anilines is 1. The number of benzene rings is 1. The predicted octanol–water partition coefficient (Wildman–Crippen LogP) is 3.50. The van der Waals surface area contributed by atoms with Gasteiger partial charge in [-0.2, -0.15) is 0 Å². The quantitative estimate of drug-likeness (QED) is 0.780.